The molecule has 1 fully saturated rings. The third kappa shape index (κ3) is 3.47. The summed E-state index contributed by atoms with van der Waals surface area (Å²) in [5, 5.41) is 0. The molecule has 104 valence electrons. The Hall–Kier alpha value is -1.64. The highest BCUT2D eigenvalue weighted by Crippen LogP contribution is 2.19. The van der Waals surface area contributed by atoms with E-state index in [1.165, 1.54) is 11.1 Å². The van der Waals surface area contributed by atoms with Gasteiger partial charge in [-0.1, -0.05) is 60.7 Å². The van der Waals surface area contributed by atoms with Gasteiger partial charge in [0.1, 0.15) is 0 Å². The molecule has 1 aliphatic heterocycles. The summed E-state index contributed by atoms with van der Waals surface area (Å²) >= 11 is 0. The average molecular weight is 268 g/mol. The van der Waals surface area contributed by atoms with Gasteiger partial charge in [-0.3, -0.25) is 0 Å². The molecule has 0 saturated carbocycles. The number of ether oxygens (including phenoxy) is 2. The van der Waals surface area contributed by atoms with Crippen LogP contribution in [-0.2, 0) is 22.3 Å². The highest BCUT2D eigenvalue weighted by Gasteiger charge is 2.27. The van der Waals surface area contributed by atoms with E-state index in [0.717, 1.165) is 12.8 Å². The molecule has 2 unspecified atom stereocenters. The average Bonchev–Trinajstić information content (AvgIpc) is 2.51. The number of hydrogen-bond acceptors (Lipinski definition) is 2. The van der Waals surface area contributed by atoms with Gasteiger partial charge in [-0.2, -0.15) is 0 Å². The number of benzene rings is 2. The molecule has 2 aromatic carbocycles. The molecule has 2 atom stereocenters. The zero-order valence-corrected chi connectivity index (χ0v) is 11.6. The zero-order chi connectivity index (χ0) is 13.6. The van der Waals surface area contributed by atoms with Crippen LogP contribution in [0.2, 0.25) is 0 Å². The third-order valence-electron chi connectivity index (χ3n) is 3.72. The maximum absolute atomic E-state index is 5.94. The van der Waals surface area contributed by atoms with Gasteiger partial charge in [0.2, 0.25) is 0 Å². The van der Waals surface area contributed by atoms with Crippen molar-refractivity contribution >= 4 is 0 Å². The molecule has 1 heterocycles. The van der Waals surface area contributed by atoms with Crippen LogP contribution < -0.4 is 0 Å². The van der Waals surface area contributed by atoms with E-state index < -0.39 is 0 Å². The van der Waals surface area contributed by atoms with Crippen molar-refractivity contribution in [3.8, 4) is 0 Å². The predicted octanol–water partition coefficient (Wildman–Crippen LogP) is 3.26. The standard InChI is InChI=1S/C18H20O2/c1-3-7-15(8-4-1)13-17-18(20-12-11-19-17)14-16-9-5-2-6-10-16/h1-10,17-18H,11-14H2. The molecule has 0 radical (unpaired) electrons. The Morgan fingerprint density at radius 3 is 1.45 bits per heavy atom. The topological polar surface area (TPSA) is 18.5 Å². The lowest BCUT2D eigenvalue weighted by Gasteiger charge is -2.32. The molecule has 0 aromatic heterocycles. The molecule has 2 aromatic rings. The van der Waals surface area contributed by atoms with Crippen molar-refractivity contribution in [2.75, 3.05) is 13.2 Å². The van der Waals surface area contributed by atoms with Crippen LogP contribution in [0.3, 0.4) is 0 Å². The van der Waals surface area contributed by atoms with Crippen molar-refractivity contribution < 1.29 is 9.47 Å². The van der Waals surface area contributed by atoms with Gasteiger partial charge in [-0.05, 0) is 11.1 Å². The summed E-state index contributed by atoms with van der Waals surface area (Å²) in [4.78, 5) is 0. The molecular formula is C18H20O2. The molecule has 0 N–H and O–H groups in total. The van der Waals surface area contributed by atoms with Gasteiger partial charge in [-0.25, -0.2) is 0 Å². The maximum Gasteiger partial charge on any atom is 0.0881 e. The summed E-state index contributed by atoms with van der Waals surface area (Å²) in [7, 11) is 0. The fourth-order valence-electron chi connectivity index (χ4n) is 2.69. The van der Waals surface area contributed by atoms with E-state index in [2.05, 4.69) is 48.5 Å². The van der Waals surface area contributed by atoms with Crippen LogP contribution in [-0.4, -0.2) is 25.4 Å². The van der Waals surface area contributed by atoms with Gasteiger partial charge in [0.15, 0.2) is 0 Å². The van der Waals surface area contributed by atoms with Crippen molar-refractivity contribution in [3.05, 3.63) is 71.8 Å². The van der Waals surface area contributed by atoms with Crippen LogP contribution in [0.1, 0.15) is 11.1 Å². The van der Waals surface area contributed by atoms with E-state index in [4.69, 9.17) is 9.47 Å². The minimum atomic E-state index is 0.145. The Labute approximate surface area is 120 Å². The highest BCUT2D eigenvalue weighted by atomic mass is 16.6. The van der Waals surface area contributed by atoms with Gasteiger partial charge in [0.25, 0.3) is 0 Å². The Balaban J connectivity index is 1.68. The van der Waals surface area contributed by atoms with E-state index >= 15 is 0 Å². The molecular weight excluding hydrogens is 248 g/mol. The molecule has 0 amide bonds. The second-order valence-corrected chi connectivity index (χ2v) is 5.20. The molecule has 20 heavy (non-hydrogen) atoms. The normalized spacial score (nSPS) is 22.6. The fourth-order valence-corrected chi connectivity index (χ4v) is 2.69. The van der Waals surface area contributed by atoms with Gasteiger partial charge >= 0.3 is 0 Å². The SMILES string of the molecule is c1ccc(CC2OCCOC2Cc2ccccc2)cc1. The van der Waals surface area contributed by atoms with Gasteiger partial charge in [0, 0.05) is 12.8 Å². The molecule has 1 aliphatic rings. The first kappa shape index (κ1) is 13.3. The van der Waals surface area contributed by atoms with Gasteiger partial charge < -0.3 is 9.47 Å². The Morgan fingerprint density at radius 1 is 0.650 bits per heavy atom. The summed E-state index contributed by atoms with van der Waals surface area (Å²) in [6.45, 7) is 1.39. The summed E-state index contributed by atoms with van der Waals surface area (Å²) in [6, 6.07) is 21.0. The first-order chi connectivity index (χ1) is 9.92. The fraction of sp³-hybridized carbons (Fsp3) is 0.333. The summed E-state index contributed by atoms with van der Waals surface area (Å²) < 4.78 is 11.9. The molecule has 2 nitrogen and oxygen atoms in total. The van der Waals surface area contributed by atoms with Crippen molar-refractivity contribution in [1.29, 1.82) is 0 Å². The molecule has 0 spiro atoms. The first-order valence-corrected chi connectivity index (χ1v) is 7.23. The quantitative estimate of drug-likeness (QED) is 0.847. The highest BCUT2D eigenvalue weighted by molar-refractivity contribution is 5.18. The zero-order valence-electron chi connectivity index (χ0n) is 11.6. The van der Waals surface area contributed by atoms with E-state index in [1.54, 1.807) is 0 Å². The van der Waals surface area contributed by atoms with Gasteiger partial charge in [-0.15, -0.1) is 0 Å². The van der Waals surface area contributed by atoms with E-state index in [9.17, 15) is 0 Å². The minimum Gasteiger partial charge on any atom is -0.373 e. The molecule has 0 aliphatic carbocycles. The summed E-state index contributed by atoms with van der Waals surface area (Å²) in [5.74, 6) is 0. The Morgan fingerprint density at radius 2 is 1.05 bits per heavy atom. The summed E-state index contributed by atoms with van der Waals surface area (Å²) in [5.41, 5.74) is 2.61. The lowest BCUT2D eigenvalue weighted by atomic mass is 9.97. The van der Waals surface area contributed by atoms with Crippen molar-refractivity contribution in [1.82, 2.24) is 0 Å². The number of hydrogen-bond donors (Lipinski definition) is 0. The first-order valence-electron chi connectivity index (χ1n) is 7.23. The Bertz CT molecular complexity index is 460. The molecule has 2 heteroatoms. The second kappa shape index (κ2) is 6.69. The third-order valence-corrected chi connectivity index (χ3v) is 3.72. The van der Waals surface area contributed by atoms with Crippen LogP contribution in [0.5, 0.6) is 0 Å². The van der Waals surface area contributed by atoms with Crippen LogP contribution in [0.25, 0.3) is 0 Å². The largest absolute Gasteiger partial charge is 0.373 e. The summed E-state index contributed by atoms with van der Waals surface area (Å²) in [6.07, 6.45) is 2.12. The van der Waals surface area contributed by atoms with E-state index in [0.29, 0.717) is 13.2 Å². The second-order valence-electron chi connectivity index (χ2n) is 5.20. The maximum atomic E-state index is 5.94. The van der Waals surface area contributed by atoms with Crippen molar-refractivity contribution in [3.63, 3.8) is 0 Å². The predicted molar refractivity (Wildman–Crippen MR) is 79.8 cm³/mol. The van der Waals surface area contributed by atoms with Crippen molar-refractivity contribution in [2.45, 2.75) is 25.0 Å². The monoisotopic (exact) mass is 268 g/mol. The lowest BCUT2D eigenvalue weighted by Crippen LogP contribution is -2.41. The van der Waals surface area contributed by atoms with Crippen LogP contribution in [0.15, 0.2) is 60.7 Å². The van der Waals surface area contributed by atoms with Crippen LogP contribution >= 0.6 is 0 Å². The minimum absolute atomic E-state index is 0.145. The van der Waals surface area contributed by atoms with Crippen LogP contribution in [0, 0.1) is 0 Å². The molecule has 1 saturated heterocycles. The van der Waals surface area contributed by atoms with Crippen molar-refractivity contribution in [2.24, 2.45) is 0 Å². The molecule has 0 bridgehead atoms. The Kier molecular flexibility index (Phi) is 4.46. The molecule has 3 rings (SSSR count). The van der Waals surface area contributed by atoms with E-state index in [-0.39, 0.29) is 12.2 Å². The smallest absolute Gasteiger partial charge is 0.0881 e. The van der Waals surface area contributed by atoms with E-state index in [1.807, 2.05) is 12.1 Å². The lowest BCUT2D eigenvalue weighted by molar-refractivity contribution is -0.138. The van der Waals surface area contributed by atoms with Crippen LogP contribution in [0.4, 0.5) is 0 Å². The number of rotatable bonds is 4. The van der Waals surface area contributed by atoms with Gasteiger partial charge in [0.05, 0.1) is 25.4 Å².